The molecule has 3 amide bonds. The van der Waals surface area contributed by atoms with Gasteiger partial charge in [-0.15, -0.1) is 0 Å². The number of aliphatic hydroxyl groups excluding tert-OH is 1. The van der Waals surface area contributed by atoms with Crippen LogP contribution in [0.2, 0.25) is 0 Å². The van der Waals surface area contributed by atoms with E-state index in [1.807, 2.05) is 24.3 Å². The van der Waals surface area contributed by atoms with Crippen molar-refractivity contribution in [1.82, 2.24) is 20.4 Å². The number of amides is 3. The van der Waals surface area contributed by atoms with E-state index in [1.165, 1.54) is 0 Å². The van der Waals surface area contributed by atoms with Gasteiger partial charge < -0.3 is 34.9 Å². The average Bonchev–Trinajstić information content (AvgIpc) is 3.08. The van der Waals surface area contributed by atoms with Crippen LogP contribution in [0, 0.1) is 5.92 Å². The van der Waals surface area contributed by atoms with Crippen LogP contribution in [0.5, 0.6) is 11.5 Å². The molecule has 0 saturated carbocycles. The molecule has 0 radical (unpaired) electrons. The summed E-state index contributed by atoms with van der Waals surface area (Å²) in [6.45, 7) is 6.73. The van der Waals surface area contributed by atoms with E-state index in [0.29, 0.717) is 88.7 Å². The number of unbranched alkanes of at least 4 members (excludes halogenated alkanes) is 1. The van der Waals surface area contributed by atoms with Gasteiger partial charge in [-0.05, 0) is 80.0 Å². The highest BCUT2D eigenvalue weighted by Crippen LogP contribution is 2.36. The second-order valence-corrected chi connectivity index (χ2v) is 12.6. The van der Waals surface area contributed by atoms with Crippen molar-refractivity contribution in [3.8, 4) is 11.5 Å². The Hall–Kier alpha value is -3.51. The molecule has 11 nitrogen and oxygen atoms in total. The van der Waals surface area contributed by atoms with Gasteiger partial charge in [-0.1, -0.05) is 25.5 Å². The number of piperidine rings is 1. The summed E-state index contributed by atoms with van der Waals surface area (Å²) in [6.07, 6.45) is 3.29. The molecule has 3 fully saturated rings. The standard InChI is InChI=1S/C35H48N4O7/c1-3-4-18-39-33(42)30(31(40)26-13-21-45-22-14-26)37-34(43)35(39)15-19-38(20-16-35)24-25-5-9-28(10-6-25)46-29-11-7-27(8-12-29)32(41)36-17-23-44-2/h5-12,26,30-31,40H,3-4,13-24H2,1-2H3,(H,36,41)(H,37,43)/t30-,31-/m1/s1. The molecule has 250 valence electrons. The summed E-state index contributed by atoms with van der Waals surface area (Å²) in [5.74, 6) is 0.817. The number of carbonyl (C=O) groups excluding carboxylic acids is 3. The third-order valence-electron chi connectivity index (χ3n) is 9.54. The van der Waals surface area contributed by atoms with Gasteiger partial charge >= 0.3 is 0 Å². The third kappa shape index (κ3) is 7.88. The average molecular weight is 637 g/mol. The summed E-state index contributed by atoms with van der Waals surface area (Å²) < 4.78 is 16.4. The smallest absolute Gasteiger partial charge is 0.251 e. The Morgan fingerprint density at radius 1 is 1.07 bits per heavy atom. The lowest BCUT2D eigenvalue weighted by Gasteiger charge is -2.52. The molecule has 0 aliphatic carbocycles. The highest BCUT2D eigenvalue weighted by atomic mass is 16.5. The normalized spacial score (nSPS) is 21.2. The molecule has 5 rings (SSSR count). The van der Waals surface area contributed by atoms with Crippen molar-refractivity contribution >= 4 is 17.7 Å². The predicted molar refractivity (Wildman–Crippen MR) is 173 cm³/mol. The summed E-state index contributed by atoms with van der Waals surface area (Å²) in [4.78, 5) is 43.9. The monoisotopic (exact) mass is 636 g/mol. The van der Waals surface area contributed by atoms with E-state index in [9.17, 15) is 19.5 Å². The van der Waals surface area contributed by atoms with E-state index in [2.05, 4.69) is 22.5 Å². The van der Waals surface area contributed by atoms with Gasteiger partial charge in [0.15, 0.2) is 0 Å². The van der Waals surface area contributed by atoms with Crippen LogP contribution in [0.1, 0.15) is 61.4 Å². The van der Waals surface area contributed by atoms with E-state index < -0.39 is 17.7 Å². The Balaban J connectivity index is 1.16. The van der Waals surface area contributed by atoms with Gasteiger partial charge in [0.05, 0.1) is 12.7 Å². The van der Waals surface area contributed by atoms with Crippen LogP contribution in [0.15, 0.2) is 48.5 Å². The van der Waals surface area contributed by atoms with Crippen LogP contribution in [-0.2, 0) is 25.6 Å². The number of piperazine rings is 1. The molecule has 0 aromatic heterocycles. The molecule has 2 atom stereocenters. The number of nitrogens with zero attached hydrogens (tertiary/aromatic N) is 2. The van der Waals surface area contributed by atoms with Crippen molar-refractivity contribution in [2.75, 3.05) is 53.1 Å². The molecule has 3 saturated heterocycles. The highest BCUT2D eigenvalue weighted by molar-refractivity contribution is 6.00. The molecule has 2 aromatic carbocycles. The number of nitrogens with one attached hydrogen (secondary N) is 2. The van der Waals surface area contributed by atoms with Crippen LogP contribution in [0.3, 0.4) is 0 Å². The van der Waals surface area contributed by atoms with Crippen molar-refractivity contribution < 1.29 is 33.7 Å². The van der Waals surface area contributed by atoms with Crippen molar-refractivity contribution in [3.63, 3.8) is 0 Å². The van der Waals surface area contributed by atoms with Gasteiger partial charge in [0.1, 0.15) is 23.1 Å². The summed E-state index contributed by atoms with van der Waals surface area (Å²) in [5.41, 5.74) is 0.794. The summed E-state index contributed by atoms with van der Waals surface area (Å²) in [5, 5.41) is 16.9. The van der Waals surface area contributed by atoms with Gasteiger partial charge in [0.2, 0.25) is 11.8 Å². The minimum Gasteiger partial charge on any atom is -0.457 e. The Bertz CT molecular complexity index is 1310. The third-order valence-corrected chi connectivity index (χ3v) is 9.54. The Morgan fingerprint density at radius 3 is 2.35 bits per heavy atom. The van der Waals surface area contributed by atoms with Gasteiger partial charge in [0, 0.05) is 58.6 Å². The first kappa shape index (κ1) is 33.8. The largest absolute Gasteiger partial charge is 0.457 e. The zero-order valence-electron chi connectivity index (χ0n) is 27.0. The van der Waals surface area contributed by atoms with Gasteiger partial charge in [0.25, 0.3) is 5.91 Å². The molecule has 46 heavy (non-hydrogen) atoms. The fourth-order valence-electron chi connectivity index (χ4n) is 6.72. The zero-order chi connectivity index (χ0) is 32.5. The predicted octanol–water partition coefficient (Wildman–Crippen LogP) is 3.10. The maximum atomic E-state index is 13.8. The van der Waals surface area contributed by atoms with Crippen molar-refractivity contribution in [3.05, 3.63) is 59.7 Å². The summed E-state index contributed by atoms with van der Waals surface area (Å²) in [6, 6.07) is 14.0. The number of carbonyl (C=O) groups is 3. The number of hydrogen-bond donors (Lipinski definition) is 3. The van der Waals surface area contributed by atoms with Crippen LogP contribution >= 0.6 is 0 Å². The minimum absolute atomic E-state index is 0.0613. The number of hydrogen-bond acceptors (Lipinski definition) is 8. The number of rotatable bonds is 13. The molecule has 2 aromatic rings. The summed E-state index contributed by atoms with van der Waals surface area (Å²) in [7, 11) is 1.59. The second kappa shape index (κ2) is 15.9. The quantitative estimate of drug-likeness (QED) is 0.286. The molecule has 3 N–H and O–H groups in total. The molecule has 11 heteroatoms. The number of benzene rings is 2. The molecule has 1 spiro atoms. The van der Waals surface area contributed by atoms with E-state index in [1.54, 1.807) is 36.3 Å². The van der Waals surface area contributed by atoms with Crippen molar-refractivity contribution in [2.24, 2.45) is 5.92 Å². The van der Waals surface area contributed by atoms with Gasteiger partial charge in [-0.3, -0.25) is 19.3 Å². The highest BCUT2D eigenvalue weighted by Gasteiger charge is 2.55. The molecular formula is C35H48N4O7. The van der Waals surface area contributed by atoms with Crippen molar-refractivity contribution in [2.45, 2.75) is 69.7 Å². The van der Waals surface area contributed by atoms with E-state index in [-0.39, 0.29) is 23.6 Å². The number of methoxy groups -OCH3 is 1. The Labute approximate surface area is 271 Å². The van der Waals surface area contributed by atoms with Gasteiger partial charge in [-0.2, -0.15) is 0 Å². The lowest BCUT2D eigenvalue weighted by atomic mass is 9.79. The zero-order valence-corrected chi connectivity index (χ0v) is 27.0. The fraction of sp³-hybridized carbons (Fsp3) is 0.571. The first-order valence-corrected chi connectivity index (χ1v) is 16.6. The topological polar surface area (TPSA) is 130 Å². The van der Waals surface area contributed by atoms with Crippen LogP contribution < -0.4 is 15.4 Å². The van der Waals surface area contributed by atoms with E-state index >= 15 is 0 Å². The number of ether oxygens (including phenoxy) is 3. The fourth-order valence-corrected chi connectivity index (χ4v) is 6.72. The maximum Gasteiger partial charge on any atom is 0.251 e. The Morgan fingerprint density at radius 2 is 1.72 bits per heavy atom. The minimum atomic E-state index is -0.911. The molecule has 3 aliphatic heterocycles. The van der Waals surface area contributed by atoms with Gasteiger partial charge in [-0.25, -0.2) is 0 Å². The Kier molecular flexibility index (Phi) is 11.7. The molecule has 3 heterocycles. The van der Waals surface area contributed by atoms with E-state index in [4.69, 9.17) is 14.2 Å². The SMILES string of the molecule is CCCCN1C(=O)[C@@H]([C@H](O)C2CCOCC2)NC(=O)C12CCN(Cc1ccc(Oc3ccc(C(=O)NCCOC)cc3)cc1)CC2. The van der Waals surface area contributed by atoms with E-state index in [0.717, 1.165) is 24.9 Å². The van der Waals surface area contributed by atoms with Crippen molar-refractivity contribution in [1.29, 1.82) is 0 Å². The lowest BCUT2D eigenvalue weighted by molar-refractivity contribution is -0.166. The second-order valence-electron chi connectivity index (χ2n) is 12.6. The maximum absolute atomic E-state index is 13.8. The number of aliphatic hydroxyl groups is 1. The molecule has 0 bridgehead atoms. The van der Waals surface area contributed by atoms with Crippen LogP contribution in [-0.4, -0.2) is 103 Å². The van der Waals surface area contributed by atoms with Crippen LogP contribution in [0.4, 0.5) is 0 Å². The first-order chi connectivity index (χ1) is 22.3. The van der Waals surface area contributed by atoms with Crippen LogP contribution in [0.25, 0.3) is 0 Å². The molecule has 0 unspecified atom stereocenters. The lowest BCUT2D eigenvalue weighted by Crippen LogP contribution is -2.75. The summed E-state index contributed by atoms with van der Waals surface area (Å²) >= 11 is 0. The molecular weight excluding hydrogens is 588 g/mol. The first-order valence-electron chi connectivity index (χ1n) is 16.6. The number of likely N-dealkylation sites (tertiary alicyclic amines) is 1. The molecule has 3 aliphatic rings.